The topological polar surface area (TPSA) is 55.4 Å². The Kier molecular flexibility index (Phi) is 24.2. The summed E-state index contributed by atoms with van der Waals surface area (Å²) in [4.78, 5) is 0. The van der Waals surface area contributed by atoms with Crippen LogP contribution in [0.5, 0.6) is 0 Å². The quantitative estimate of drug-likeness (QED) is 0.151. The van der Waals surface area contributed by atoms with Crippen LogP contribution in [0.25, 0.3) is 0 Å². The fourth-order valence-electron chi connectivity index (χ4n) is 3.21. The SMILES string of the molecule is CCCCCCCC[Si](OCC)(OCC)OCC.CCO[Si](CC)(OCC)OCC. The molecule has 6 nitrogen and oxygen atoms in total. The van der Waals surface area contributed by atoms with E-state index < -0.39 is 17.6 Å². The van der Waals surface area contributed by atoms with Gasteiger partial charge in [-0.25, -0.2) is 0 Å². The molecule has 0 aliphatic heterocycles. The van der Waals surface area contributed by atoms with E-state index in [1.807, 2.05) is 48.5 Å². The molecule has 0 N–H and O–H groups in total. The molecule has 0 radical (unpaired) electrons. The second-order valence-corrected chi connectivity index (χ2v) is 12.5. The maximum atomic E-state index is 5.83. The van der Waals surface area contributed by atoms with E-state index in [2.05, 4.69) is 6.92 Å². The van der Waals surface area contributed by atoms with Crippen molar-refractivity contribution >= 4 is 17.6 Å². The number of unbranched alkanes of at least 4 members (excludes halogenated alkanes) is 5. The molecule has 0 aromatic carbocycles. The van der Waals surface area contributed by atoms with Crippen LogP contribution in [0.4, 0.5) is 0 Å². The predicted octanol–water partition coefficient (Wildman–Crippen LogP) is 6.45. The van der Waals surface area contributed by atoms with Crippen molar-refractivity contribution in [3.63, 3.8) is 0 Å². The van der Waals surface area contributed by atoms with E-state index in [9.17, 15) is 0 Å². The summed E-state index contributed by atoms with van der Waals surface area (Å²) >= 11 is 0. The lowest BCUT2D eigenvalue weighted by molar-refractivity contribution is 0.0703. The van der Waals surface area contributed by atoms with Crippen molar-refractivity contribution in [3.8, 4) is 0 Å². The van der Waals surface area contributed by atoms with Gasteiger partial charge >= 0.3 is 17.6 Å². The van der Waals surface area contributed by atoms with Crippen LogP contribution in [0.15, 0.2) is 0 Å². The third-order valence-electron chi connectivity index (χ3n) is 4.46. The maximum absolute atomic E-state index is 5.83. The van der Waals surface area contributed by atoms with Crippen molar-refractivity contribution < 1.29 is 26.6 Å². The van der Waals surface area contributed by atoms with Gasteiger partial charge < -0.3 is 26.6 Å². The molecule has 0 aliphatic rings. The van der Waals surface area contributed by atoms with Crippen LogP contribution in [0.3, 0.4) is 0 Å². The summed E-state index contributed by atoms with van der Waals surface area (Å²) in [5.41, 5.74) is 0. The minimum atomic E-state index is -2.36. The van der Waals surface area contributed by atoms with Crippen LogP contribution in [-0.2, 0) is 26.6 Å². The van der Waals surface area contributed by atoms with E-state index in [0.29, 0.717) is 39.6 Å². The zero-order valence-corrected chi connectivity index (χ0v) is 23.3. The van der Waals surface area contributed by atoms with E-state index in [1.54, 1.807) is 0 Å². The highest BCUT2D eigenvalue weighted by molar-refractivity contribution is 6.61. The van der Waals surface area contributed by atoms with E-state index >= 15 is 0 Å². The summed E-state index contributed by atoms with van der Waals surface area (Å²) in [6.07, 6.45) is 7.75. The van der Waals surface area contributed by atoms with Crippen molar-refractivity contribution in [1.29, 1.82) is 0 Å². The Morgan fingerprint density at radius 2 is 0.733 bits per heavy atom. The minimum absolute atomic E-state index is 0.667. The highest BCUT2D eigenvalue weighted by Crippen LogP contribution is 2.20. The van der Waals surface area contributed by atoms with Crippen LogP contribution >= 0.6 is 0 Å². The highest BCUT2D eigenvalue weighted by Gasteiger charge is 2.39. The summed E-state index contributed by atoms with van der Waals surface area (Å²) in [6.45, 7) is 20.3. The van der Waals surface area contributed by atoms with Gasteiger partial charge in [-0.15, -0.1) is 0 Å². The fourth-order valence-corrected chi connectivity index (χ4v) is 8.08. The van der Waals surface area contributed by atoms with Crippen LogP contribution in [0.1, 0.15) is 93.9 Å². The van der Waals surface area contributed by atoms with E-state index in [0.717, 1.165) is 18.5 Å². The summed E-state index contributed by atoms with van der Waals surface area (Å²) in [6, 6.07) is 1.82. The van der Waals surface area contributed by atoms with Crippen LogP contribution in [-0.4, -0.2) is 57.3 Å². The molecular formula is C22H52O6Si2. The molecule has 0 saturated carbocycles. The first kappa shape index (κ1) is 32.4. The molecule has 0 bridgehead atoms. The smallest absolute Gasteiger partial charge is 0.374 e. The molecule has 0 unspecified atom stereocenters. The maximum Gasteiger partial charge on any atom is 0.500 e. The Bertz CT molecular complexity index is 314. The van der Waals surface area contributed by atoms with Gasteiger partial charge in [0.2, 0.25) is 0 Å². The van der Waals surface area contributed by atoms with Gasteiger partial charge in [0.05, 0.1) is 0 Å². The molecule has 0 rings (SSSR count). The third-order valence-corrected chi connectivity index (χ3v) is 10.7. The predicted molar refractivity (Wildman–Crippen MR) is 130 cm³/mol. The molecule has 0 saturated heterocycles. The lowest BCUT2D eigenvalue weighted by atomic mass is 10.1. The van der Waals surface area contributed by atoms with Gasteiger partial charge in [-0.05, 0) is 48.0 Å². The monoisotopic (exact) mass is 468 g/mol. The summed E-state index contributed by atoms with van der Waals surface area (Å²) in [7, 11) is -4.63. The standard InChI is InChI=1S/C14H32O3Si.C8H20O3Si/c1-5-9-10-11-12-13-14-18(15-6-2,16-7-3)17-8-4;1-5-9-12(8-4,10-6-2)11-7-3/h5-14H2,1-4H3;5-8H2,1-4H3. The minimum Gasteiger partial charge on any atom is -0.374 e. The molecule has 0 amide bonds. The van der Waals surface area contributed by atoms with Crippen LogP contribution in [0.2, 0.25) is 12.1 Å². The molecule has 30 heavy (non-hydrogen) atoms. The Labute approximate surface area is 190 Å². The first-order chi connectivity index (χ1) is 14.5. The molecule has 0 aromatic heterocycles. The summed E-state index contributed by atoms with van der Waals surface area (Å²) in [5.74, 6) is 0. The molecule has 0 heterocycles. The van der Waals surface area contributed by atoms with Gasteiger partial charge in [-0.2, -0.15) is 0 Å². The van der Waals surface area contributed by atoms with Gasteiger partial charge in [0.15, 0.2) is 0 Å². The van der Waals surface area contributed by atoms with Gasteiger partial charge in [0.1, 0.15) is 0 Å². The molecule has 0 atom stereocenters. The van der Waals surface area contributed by atoms with Gasteiger partial charge in [0, 0.05) is 51.7 Å². The summed E-state index contributed by atoms with van der Waals surface area (Å²) in [5, 5.41) is 0. The van der Waals surface area contributed by atoms with Crippen molar-refractivity contribution in [3.05, 3.63) is 0 Å². The molecular weight excluding hydrogens is 416 g/mol. The van der Waals surface area contributed by atoms with Crippen molar-refractivity contribution in [2.24, 2.45) is 0 Å². The Balaban J connectivity index is 0. The number of hydrogen-bond acceptors (Lipinski definition) is 6. The largest absolute Gasteiger partial charge is 0.500 e. The van der Waals surface area contributed by atoms with Crippen LogP contribution in [0, 0.1) is 0 Å². The van der Waals surface area contributed by atoms with E-state index in [1.165, 1.54) is 32.1 Å². The van der Waals surface area contributed by atoms with Crippen molar-refractivity contribution in [1.82, 2.24) is 0 Å². The number of hydrogen-bond donors (Lipinski definition) is 0. The summed E-state index contributed by atoms with van der Waals surface area (Å²) < 4.78 is 34.2. The highest BCUT2D eigenvalue weighted by atomic mass is 28.4. The van der Waals surface area contributed by atoms with E-state index in [-0.39, 0.29) is 0 Å². The first-order valence-corrected chi connectivity index (χ1v) is 16.2. The van der Waals surface area contributed by atoms with E-state index in [4.69, 9.17) is 26.6 Å². The normalized spacial score (nSPS) is 12.0. The molecule has 0 aliphatic carbocycles. The zero-order chi connectivity index (χ0) is 23.1. The Morgan fingerprint density at radius 1 is 0.400 bits per heavy atom. The van der Waals surface area contributed by atoms with Crippen molar-refractivity contribution in [2.75, 3.05) is 39.6 Å². The zero-order valence-electron chi connectivity index (χ0n) is 21.3. The second kappa shape index (κ2) is 22.4. The molecule has 8 heteroatoms. The molecule has 0 spiro atoms. The van der Waals surface area contributed by atoms with Crippen LogP contribution < -0.4 is 0 Å². The number of rotatable bonds is 20. The fraction of sp³-hybridized carbons (Fsp3) is 1.00. The molecule has 0 aromatic rings. The Morgan fingerprint density at radius 3 is 1.07 bits per heavy atom. The first-order valence-electron chi connectivity index (χ1n) is 12.3. The third kappa shape index (κ3) is 15.9. The van der Waals surface area contributed by atoms with Gasteiger partial charge in [-0.1, -0.05) is 46.0 Å². The Hall–Kier alpha value is 0.194. The lowest BCUT2D eigenvalue weighted by Crippen LogP contribution is -2.45. The average Bonchev–Trinajstić information content (AvgIpc) is 2.72. The van der Waals surface area contributed by atoms with Gasteiger partial charge in [0.25, 0.3) is 0 Å². The molecule has 0 fully saturated rings. The average molecular weight is 469 g/mol. The van der Waals surface area contributed by atoms with Gasteiger partial charge in [-0.3, -0.25) is 0 Å². The molecule has 184 valence electrons. The lowest BCUT2D eigenvalue weighted by Gasteiger charge is -2.28. The van der Waals surface area contributed by atoms with Crippen molar-refractivity contribution in [2.45, 2.75) is 106 Å². The second-order valence-electron chi connectivity index (χ2n) is 6.84.